The van der Waals surface area contributed by atoms with Crippen LogP contribution in [0.2, 0.25) is 0 Å². The third kappa shape index (κ3) is 24.6. The number of carboxylic acid groups (broad SMARTS) is 2. The third-order valence-electron chi connectivity index (χ3n) is 1.01. The van der Waals surface area contributed by atoms with Crippen LogP contribution in [-0.4, -0.2) is 17.4 Å². The van der Waals surface area contributed by atoms with E-state index < -0.39 is 11.9 Å². The molecule has 0 spiro atoms. The van der Waals surface area contributed by atoms with Crippen LogP contribution in [-0.2, 0) is 9.59 Å². The molecular weight excluding hydrogens is 223 g/mol. The van der Waals surface area contributed by atoms with Gasteiger partial charge < -0.3 is 25.3 Å². The van der Waals surface area contributed by atoms with Gasteiger partial charge in [0.1, 0.15) is 0 Å². The van der Waals surface area contributed by atoms with Gasteiger partial charge in [-0.2, -0.15) is 0 Å². The first-order valence-electron chi connectivity index (χ1n) is 3.02. The number of aliphatic carboxylic acids is 2. The molecule has 7 heteroatoms. The average Bonchev–Trinajstić information content (AvgIpc) is 1.79. The van der Waals surface area contributed by atoms with Crippen molar-refractivity contribution in [2.45, 2.75) is 25.7 Å². The second-order valence-corrected chi connectivity index (χ2v) is 1.95. The van der Waals surface area contributed by atoms with Crippen molar-refractivity contribution >= 4 is 36.8 Å². The molecule has 0 aliphatic heterocycles. The van der Waals surface area contributed by atoms with Crippen molar-refractivity contribution in [2.24, 2.45) is 0 Å². The molecule has 0 radical (unpaired) electrons. The number of hydrogen-bond donors (Lipinski definition) is 0. The number of unbranched alkanes of at least 4 members (excludes halogenated alkanes) is 1. The molecule has 2 N–H and O–H groups in total. The van der Waals surface area contributed by atoms with E-state index in [9.17, 15) is 19.8 Å². The summed E-state index contributed by atoms with van der Waals surface area (Å²) in [6.07, 6.45) is 0.535. The van der Waals surface area contributed by atoms with Gasteiger partial charge in [0.05, 0.1) is 0 Å². The Morgan fingerprint density at radius 1 is 0.846 bits per heavy atom. The summed E-state index contributed by atoms with van der Waals surface area (Å²) in [5.74, 6) is -2.28. The van der Waals surface area contributed by atoms with Gasteiger partial charge in [-0.3, -0.25) is 0 Å². The van der Waals surface area contributed by atoms with Crippen molar-refractivity contribution in [1.29, 1.82) is 0 Å². The fraction of sp³-hybridized carbons (Fsp3) is 0.667. The fourth-order valence-electron chi connectivity index (χ4n) is 0.539. The van der Waals surface area contributed by atoms with Crippen LogP contribution >= 0.6 is 24.8 Å². The number of carboxylic acids is 2. The first kappa shape index (κ1) is 22.9. The molecular formula is C6H12Cl2O5-2. The molecule has 0 heterocycles. The van der Waals surface area contributed by atoms with Crippen molar-refractivity contribution in [1.82, 2.24) is 0 Å². The smallest absolute Gasteiger partial charge is 0.0414 e. The summed E-state index contributed by atoms with van der Waals surface area (Å²) in [7, 11) is 0. The van der Waals surface area contributed by atoms with E-state index >= 15 is 0 Å². The summed E-state index contributed by atoms with van der Waals surface area (Å²) in [6.45, 7) is 0. The topological polar surface area (TPSA) is 112 Å². The molecule has 0 amide bonds. The van der Waals surface area contributed by atoms with Crippen LogP contribution in [0.15, 0.2) is 0 Å². The Labute approximate surface area is 88.3 Å². The minimum absolute atomic E-state index is 0. The summed E-state index contributed by atoms with van der Waals surface area (Å²) in [5, 5.41) is 19.5. The van der Waals surface area contributed by atoms with Crippen molar-refractivity contribution in [3.05, 3.63) is 0 Å². The first-order chi connectivity index (χ1) is 4.63. The highest BCUT2D eigenvalue weighted by atomic mass is 35.5. The van der Waals surface area contributed by atoms with Crippen molar-refractivity contribution < 1.29 is 25.3 Å². The van der Waals surface area contributed by atoms with Gasteiger partial charge in [-0.05, 0) is 25.7 Å². The molecule has 0 bridgehead atoms. The van der Waals surface area contributed by atoms with Gasteiger partial charge in [-0.25, -0.2) is 0 Å². The predicted octanol–water partition coefficient (Wildman–Crippen LogP) is -1.93. The van der Waals surface area contributed by atoms with Gasteiger partial charge in [0.25, 0.3) is 0 Å². The lowest BCUT2D eigenvalue weighted by molar-refractivity contribution is -0.308. The fourth-order valence-corrected chi connectivity index (χ4v) is 0.539. The monoisotopic (exact) mass is 234 g/mol. The molecule has 0 unspecified atom stereocenters. The molecule has 0 aromatic carbocycles. The molecule has 0 rings (SSSR count). The lowest BCUT2D eigenvalue weighted by atomic mass is 10.2. The third-order valence-corrected chi connectivity index (χ3v) is 1.01. The van der Waals surface area contributed by atoms with E-state index in [1.54, 1.807) is 0 Å². The Bertz CT molecular complexity index is 123. The van der Waals surface area contributed by atoms with Gasteiger partial charge in [-0.15, -0.1) is 24.8 Å². The Kier molecular flexibility index (Phi) is 24.7. The van der Waals surface area contributed by atoms with Gasteiger partial charge in [-0.1, -0.05) is 0 Å². The van der Waals surface area contributed by atoms with Crippen LogP contribution in [0.1, 0.15) is 25.7 Å². The maximum Gasteiger partial charge on any atom is 0.0414 e. The van der Waals surface area contributed by atoms with Crippen molar-refractivity contribution in [2.75, 3.05) is 0 Å². The number of carbonyl (C=O) groups excluding carboxylic acids is 2. The molecule has 82 valence electrons. The molecule has 13 heavy (non-hydrogen) atoms. The second-order valence-electron chi connectivity index (χ2n) is 1.95. The zero-order chi connectivity index (χ0) is 7.98. The minimum atomic E-state index is -1.14. The molecule has 0 saturated carbocycles. The molecule has 0 atom stereocenters. The van der Waals surface area contributed by atoms with Crippen LogP contribution in [0.5, 0.6) is 0 Å². The van der Waals surface area contributed by atoms with Crippen LogP contribution in [0, 0.1) is 0 Å². The molecule has 0 aliphatic rings. The van der Waals surface area contributed by atoms with E-state index in [2.05, 4.69) is 0 Å². The Morgan fingerprint density at radius 2 is 1.08 bits per heavy atom. The number of halogens is 2. The first-order valence-corrected chi connectivity index (χ1v) is 3.02. The van der Waals surface area contributed by atoms with E-state index in [1.165, 1.54) is 0 Å². The predicted molar refractivity (Wildman–Crippen MR) is 46.6 cm³/mol. The summed E-state index contributed by atoms with van der Waals surface area (Å²) in [5.41, 5.74) is 0. The number of hydrogen-bond acceptors (Lipinski definition) is 4. The minimum Gasteiger partial charge on any atom is -0.550 e. The second kappa shape index (κ2) is 14.0. The summed E-state index contributed by atoms with van der Waals surface area (Å²) in [6, 6.07) is 0. The quantitative estimate of drug-likeness (QED) is 0.516. The summed E-state index contributed by atoms with van der Waals surface area (Å²) in [4.78, 5) is 19.5. The SMILES string of the molecule is Cl.Cl.O.O=C([O-])CCCCC(=O)[O-]. The summed E-state index contributed by atoms with van der Waals surface area (Å²) < 4.78 is 0. The van der Waals surface area contributed by atoms with Gasteiger partial charge in [0.15, 0.2) is 0 Å². The van der Waals surface area contributed by atoms with Crippen molar-refractivity contribution in [3.8, 4) is 0 Å². The van der Waals surface area contributed by atoms with E-state index in [-0.39, 0.29) is 43.1 Å². The molecule has 0 aromatic rings. The Morgan fingerprint density at radius 3 is 1.23 bits per heavy atom. The van der Waals surface area contributed by atoms with E-state index in [4.69, 9.17) is 0 Å². The van der Waals surface area contributed by atoms with Crippen LogP contribution < -0.4 is 10.2 Å². The maximum absolute atomic E-state index is 9.77. The van der Waals surface area contributed by atoms with Crippen LogP contribution in [0.4, 0.5) is 0 Å². The van der Waals surface area contributed by atoms with Crippen molar-refractivity contribution in [3.63, 3.8) is 0 Å². The standard InChI is InChI=1S/C6H10O4.2ClH.H2O/c7-5(8)3-1-2-4-6(9)10;;;/h1-4H2,(H,7,8)(H,9,10);2*1H;1H2/p-2. The van der Waals surface area contributed by atoms with Gasteiger partial charge in [0, 0.05) is 11.9 Å². The highest BCUT2D eigenvalue weighted by Gasteiger charge is 1.89. The molecule has 0 aromatic heterocycles. The molecule has 0 saturated heterocycles. The Balaban J connectivity index is -0.000000135. The van der Waals surface area contributed by atoms with E-state index in [1.807, 2.05) is 0 Å². The average molecular weight is 235 g/mol. The van der Waals surface area contributed by atoms with Crippen LogP contribution in [0.25, 0.3) is 0 Å². The highest BCUT2D eigenvalue weighted by molar-refractivity contribution is 5.85. The van der Waals surface area contributed by atoms with Gasteiger partial charge in [0.2, 0.25) is 0 Å². The maximum atomic E-state index is 9.77. The van der Waals surface area contributed by atoms with Crippen LogP contribution in [0.3, 0.4) is 0 Å². The summed E-state index contributed by atoms with van der Waals surface area (Å²) >= 11 is 0. The molecule has 0 aliphatic carbocycles. The largest absolute Gasteiger partial charge is 0.550 e. The Hall–Kier alpha value is -0.520. The van der Waals surface area contributed by atoms with E-state index in [0.717, 1.165) is 0 Å². The zero-order valence-electron chi connectivity index (χ0n) is 6.78. The highest BCUT2D eigenvalue weighted by Crippen LogP contribution is 1.96. The normalized spacial score (nSPS) is 7.08. The van der Waals surface area contributed by atoms with E-state index in [0.29, 0.717) is 12.8 Å². The lowest BCUT2D eigenvalue weighted by Crippen LogP contribution is -2.23. The van der Waals surface area contributed by atoms with Gasteiger partial charge >= 0.3 is 0 Å². The number of rotatable bonds is 5. The lowest BCUT2D eigenvalue weighted by Gasteiger charge is -2.01. The molecule has 5 nitrogen and oxygen atoms in total. The number of carbonyl (C=O) groups is 2. The molecule has 0 fully saturated rings. The zero-order valence-corrected chi connectivity index (χ0v) is 8.41.